The van der Waals surface area contributed by atoms with Gasteiger partial charge in [0.2, 0.25) is 0 Å². The second-order valence-corrected chi connectivity index (χ2v) is 5.14. The second kappa shape index (κ2) is 4.14. The van der Waals surface area contributed by atoms with E-state index in [1.807, 2.05) is 37.3 Å². The fraction of sp³-hybridized carbons (Fsp3) is 0.0714. The number of rotatable bonds is 1. The first-order chi connectivity index (χ1) is 8.65. The minimum Gasteiger partial charge on any atom is -0.399 e. The van der Waals surface area contributed by atoms with Crippen LogP contribution in [0.1, 0.15) is 5.82 Å². The number of anilines is 1. The highest BCUT2D eigenvalue weighted by molar-refractivity contribution is 9.10. The fourth-order valence-electron chi connectivity index (χ4n) is 2.16. The van der Waals surface area contributed by atoms with Gasteiger partial charge in [-0.15, -0.1) is 0 Å². The van der Waals surface area contributed by atoms with Crippen LogP contribution < -0.4 is 5.73 Å². The second-order valence-electron chi connectivity index (χ2n) is 4.22. The zero-order valence-electron chi connectivity index (χ0n) is 9.89. The molecule has 90 valence electrons. The Kier molecular flexibility index (Phi) is 2.59. The number of halogens is 1. The van der Waals surface area contributed by atoms with Crippen LogP contribution in [0.2, 0.25) is 0 Å². The van der Waals surface area contributed by atoms with Crippen molar-refractivity contribution in [1.29, 1.82) is 0 Å². The van der Waals surface area contributed by atoms with E-state index in [1.54, 1.807) is 0 Å². The fourth-order valence-corrected chi connectivity index (χ4v) is 2.55. The van der Waals surface area contributed by atoms with Crippen LogP contribution in [0.25, 0.3) is 16.7 Å². The summed E-state index contributed by atoms with van der Waals surface area (Å²) in [6, 6.07) is 14.0. The predicted octanol–water partition coefficient (Wildman–Crippen LogP) is 3.68. The number of benzene rings is 2. The largest absolute Gasteiger partial charge is 0.399 e. The first-order valence-electron chi connectivity index (χ1n) is 5.66. The highest BCUT2D eigenvalue weighted by Crippen LogP contribution is 2.24. The van der Waals surface area contributed by atoms with E-state index in [0.717, 1.165) is 32.7 Å². The number of aromatic nitrogens is 2. The normalized spacial score (nSPS) is 11.0. The molecule has 0 fully saturated rings. The topological polar surface area (TPSA) is 43.8 Å². The molecule has 3 nitrogen and oxygen atoms in total. The summed E-state index contributed by atoms with van der Waals surface area (Å²) in [4.78, 5) is 4.55. The van der Waals surface area contributed by atoms with Gasteiger partial charge in [0.1, 0.15) is 5.82 Å². The van der Waals surface area contributed by atoms with Gasteiger partial charge in [0.15, 0.2) is 0 Å². The molecular weight excluding hydrogens is 290 g/mol. The van der Waals surface area contributed by atoms with Gasteiger partial charge in [0.25, 0.3) is 0 Å². The van der Waals surface area contributed by atoms with Crippen molar-refractivity contribution in [3.8, 4) is 5.69 Å². The van der Waals surface area contributed by atoms with E-state index in [4.69, 9.17) is 5.73 Å². The molecule has 1 heterocycles. The summed E-state index contributed by atoms with van der Waals surface area (Å²) in [5, 5.41) is 0. The molecule has 0 spiro atoms. The van der Waals surface area contributed by atoms with E-state index in [9.17, 15) is 0 Å². The van der Waals surface area contributed by atoms with Gasteiger partial charge in [-0.1, -0.05) is 22.0 Å². The highest BCUT2D eigenvalue weighted by Gasteiger charge is 2.09. The van der Waals surface area contributed by atoms with Gasteiger partial charge in [-0.3, -0.25) is 4.57 Å². The predicted molar refractivity (Wildman–Crippen MR) is 77.9 cm³/mol. The maximum Gasteiger partial charge on any atom is 0.111 e. The molecule has 0 saturated heterocycles. The van der Waals surface area contributed by atoms with Crippen LogP contribution in [-0.2, 0) is 0 Å². The van der Waals surface area contributed by atoms with E-state index in [2.05, 4.69) is 37.6 Å². The lowest BCUT2D eigenvalue weighted by Crippen LogP contribution is -1.96. The Hall–Kier alpha value is -1.81. The number of nitrogens with two attached hydrogens (primary N) is 1. The van der Waals surface area contributed by atoms with Crippen molar-refractivity contribution in [3.05, 3.63) is 52.8 Å². The summed E-state index contributed by atoms with van der Waals surface area (Å²) in [5.74, 6) is 0.952. The third-order valence-electron chi connectivity index (χ3n) is 2.91. The van der Waals surface area contributed by atoms with Gasteiger partial charge in [-0.25, -0.2) is 4.98 Å². The molecule has 0 bridgehead atoms. The van der Waals surface area contributed by atoms with Crippen LogP contribution in [0.5, 0.6) is 0 Å². The Labute approximate surface area is 113 Å². The first-order valence-corrected chi connectivity index (χ1v) is 6.45. The smallest absolute Gasteiger partial charge is 0.111 e. The molecule has 3 rings (SSSR count). The number of nitrogen functional groups attached to an aromatic ring is 1. The SMILES string of the molecule is Cc1nc2cc(N)ccc2n1-c1cccc(Br)c1. The minimum absolute atomic E-state index is 0.737. The van der Waals surface area contributed by atoms with E-state index >= 15 is 0 Å². The number of nitrogens with zero attached hydrogens (tertiary/aromatic N) is 2. The number of imidazole rings is 1. The van der Waals surface area contributed by atoms with E-state index in [0.29, 0.717) is 0 Å². The number of aryl methyl sites for hydroxylation is 1. The standard InChI is InChI=1S/C14H12BrN3/c1-9-17-13-8-11(16)5-6-14(13)18(9)12-4-2-3-10(15)7-12/h2-8H,16H2,1H3. The quantitative estimate of drug-likeness (QED) is 0.697. The maximum atomic E-state index is 5.79. The molecule has 18 heavy (non-hydrogen) atoms. The molecule has 0 atom stereocenters. The summed E-state index contributed by atoms with van der Waals surface area (Å²) < 4.78 is 3.18. The van der Waals surface area contributed by atoms with Gasteiger partial charge >= 0.3 is 0 Å². The van der Waals surface area contributed by atoms with Crippen molar-refractivity contribution in [3.63, 3.8) is 0 Å². The average molecular weight is 302 g/mol. The number of hydrogen-bond acceptors (Lipinski definition) is 2. The molecule has 3 aromatic rings. The molecule has 0 saturated carbocycles. The summed E-state index contributed by atoms with van der Waals surface area (Å²) in [6.45, 7) is 2.00. The molecule has 0 radical (unpaired) electrons. The zero-order chi connectivity index (χ0) is 12.7. The molecule has 0 amide bonds. The van der Waals surface area contributed by atoms with Gasteiger partial charge in [0.05, 0.1) is 11.0 Å². The van der Waals surface area contributed by atoms with Crippen molar-refractivity contribution in [2.75, 3.05) is 5.73 Å². The summed E-state index contributed by atoms with van der Waals surface area (Å²) in [6.07, 6.45) is 0. The van der Waals surface area contributed by atoms with Crippen LogP contribution >= 0.6 is 15.9 Å². The lowest BCUT2D eigenvalue weighted by atomic mass is 10.2. The molecule has 0 aliphatic carbocycles. The van der Waals surface area contributed by atoms with Gasteiger partial charge < -0.3 is 5.73 Å². The summed E-state index contributed by atoms with van der Waals surface area (Å²) >= 11 is 3.49. The van der Waals surface area contributed by atoms with Crippen molar-refractivity contribution < 1.29 is 0 Å². The molecule has 0 unspecified atom stereocenters. The van der Waals surface area contributed by atoms with E-state index < -0.39 is 0 Å². The molecule has 0 aliphatic rings. The molecule has 1 aromatic heterocycles. The molecule has 4 heteroatoms. The van der Waals surface area contributed by atoms with Gasteiger partial charge in [-0.05, 0) is 43.3 Å². The Balaban J connectivity index is 2.32. The first kappa shape index (κ1) is 11.3. The number of fused-ring (bicyclic) bond motifs is 1. The minimum atomic E-state index is 0.737. The Morgan fingerprint density at radius 2 is 2.00 bits per heavy atom. The Morgan fingerprint density at radius 1 is 1.17 bits per heavy atom. The van der Waals surface area contributed by atoms with Crippen molar-refractivity contribution in [2.45, 2.75) is 6.92 Å². The summed E-state index contributed by atoms with van der Waals surface area (Å²) in [7, 11) is 0. The van der Waals surface area contributed by atoms with E-state index in [1.165, 1.54) is 0 Å². The summed E-state index contributed by atoms with van der Waals surface area (Å²) in [5.41, 5.74) is 9.61. The van der Waals surface area contributed by atoms with Crippen molar-refractivity contribution in [1.82, 2.24) is 9.55 Å². The van der Waals surface area contributed by atoms with Crippen LogP contribution in [0.4, 0.5) is 5.69 Å². The number of hydrogen-bond donors (Lipinski definition) is 1. The maximum absolute atomic E-state index is 5.79. The van der Waals surface area contributed by atoms with E-state index in [-0.39, 0.29) is 0 Å². The Bertz CT molecular complexity index is 731. The molecular formula is C14H12BrN3. The van der Waals surface area contributed by atoms with Gasteiger partial charge in [0, 0.05) is 15.8 Å². The zero-order valence-corrected chi connectivity index (χ0v) is 11.5. The molecule has 2 N–H and O–H groups in total. The van der Waals surface area contributed by atoms with Crippen molar-refractivity contribution in [2.24, 2.45) is 0 Å². The van der Waals surface area contributed by atoms with Crippen LogP contribution in [-0.4, -0.2) is 9.55 Å². The van der Waals surface area contributed by atoms with Crippen LogP contribution in [0.15, 0.2) is 46.9 Å². The highest BCUT2D eigenvalue weighted by atomic mass is 79.9. The average Bonchev–Trinajstić information content (AvgIpc) is 2.64. The lowest BCUT2D eigenvalue weighted by molar-refractivity contribution is 1.000. The van der Waals surface area contributed by atoms with Crippen molar-refractivity contribution >= 4 is 32.7 Å². The van der Waals surface area contributed by atoms with Crippen LogP contribution in [0.3, 0.4) is 0 Å². The third-order valence-corrected chi connectivity index (χ3v) is 3.41. The Morgan fingerprint density at radius 3 is 2.78 bits per heavy atom. The molecule has 2 aromatic carbocycles. The monoisotopic (exact) mass is 301 g/mol. The molecule has 0 aliphatic heterocycles. The van der Waals surface area contributed by atoms with Crippen LogP contribution in [0, 0.1) is 6.92 Å². The lowest BCUT2D eigenvalue weighted by Gasteiger charge is -2.07. The van der Waals surface area contributed by atoms with Gasteiger partial charge in [-0.2, -0.15) is 0 Å². The third kappa shape index (κ3) is 1.78.